The fourth-order valence-corrected chi connectivity index (χ4v) is 4.08. The highest BCUT2D eigenvalue weighted by Crippen LogP contribution is 2.45. The van der Waals surface area contributed by atoms with Gasteiger partial charge < -0.3 is 25.8 Å². The molecule has 3 rings (SSSR count). The van der Waals surface area contributed by atoms with Crippen molar-refractivity contribution in [3.8, 4) is 22.6 Å². The summed E-state index contributed by atoms with van der Waals surface area (Å²) in [6, 6.07) is 3.27. The predicted molar refractivity (Wildman–Crippen MR) is 128 cm³/mol. The molecule has 3 aromatic rings. The first-order valence-electron chi connectivity index (χ1n) is 10.1. The smallest absolute Gasteiger partial charge is 0.260 e. The second-order valence-electron chi connectivity index (χ2n) is 6.91. The van der Waals surface area contributed by atoms with E-state index in [1.54, 1.807) is 29.9 Å². The summed E-state index contributed by atoms with van der Waals surface area (Å²) in [7, 11) is 4.69. The molecule has 0 radical (unpaired) electrons. The number of anilines is 1. The van der Waals surface area contributed by atoms with Crippen LogP contribution in [0.15, 0.2) is 23.1 Å². The van der Waals surface area contributed by atoms with Crippen molar-refractivity contribution in [1.82, 2.24) is 19.9 Å². The molecule has 4 N–H and O–H groups in total. The number of fused-ring (bicyclic) bond motifs is 1. The van der Waals surface area contributed by atoms with Crippen LogP contribution in [0.25, 0.3) is 22.2 Å². The highest BCUT2D eigenvalue weighted by molar-refractivity contribution is 6.41. The number of pyridine rings is 1. The summed E-state index contributed by atoms with van der Waals surface area (Å²) in [5, 5.41) is 7.25. The van der Waals surface area contributed by atoms with E-state index < -0.39 is 0 Å². The third kappa shape index (κ3) is 4.75. The van der Waals surface area contributed by atoms with E-state index in [9.17, 15) is 4.79 Å². The van der Waals surface area contributed by atoms with Crippen molar-refractivity contribution < 1.29 is 9.47 Å². The number of benzene rings is 1. The molecule has 0 unspecified atom stereocenters. The quantitative estimate of drug-likeness (QED) is 0.379. The minimum atomic E-state index is -0.281. The van der Waals surface area contributed by atoms with Crippen LogP contribution in [0.1, 0.15) is 6.42 Å². The van der Waals surface area contributed by atoms with Crippen LogP contribution in [0, 0.1) is 0 Å². The number of ether oxygens (including phenoxy) is 2. The summed E-state index contributed by atoms with van der Waals surface area (Å²) >= 11 is 13.2. The number of rotatable bonds is 10. The van der Waals surface area contributed by atoms with Gasteiger partial charge in [0.05, 0.1) is 29.8 Å². The van der Waals surface area contributed by atoms with Gasteiger partial charge in [-0.2, -0.15) is 4.98 Å². The summed E-state index contributed by atoms with van der Waals surface area (Å²) in [6.45, 7) is 2.38. The molecule has 2 heterocycles. The van der Waals surface area contributed by atoms with Crippen molar-refractivity contribution in [2.45, 2.75) is 13.0 Å². The lowest BCUT2D eigenvalue weighted by atomic mass is 10.0. The Hall–Kier alpha value is -2.59. The molecule has 172 valence electrons. The number of methoxy groups -OCH3 is 2. The van der Waals surface area contributed by atoms with Crippen LogP contribution in [0.5, 0.6) is 11.5 Å². The molecule has 0 aliphatic rings. The number of nitrogens with one attached hydrogen (secondary N) is 2. The van der Waals surface area contributed by atoms with Crippen LogP contribution in [0.3, 0.4) is 0 Å². The monoisotopic (exact) mass is 480 g/mol. The molecule has 32 heavy (non-hydrogen) atoms. The van der Waals surface area contributed by atoms with Crippen molar-refractivity contribution in [3.63, 3.8) is 0 Å². The minimum Gasteiger partial charge on any atom is -0.495 e. The fourth-order valence-electron chi connectivity index (χ4n) is 3.38. The maximum atomic E-state index is 13.6. The maximum absolute atomic E-state index is 13.6. The van der Waals surface area contributed by atoms with Gasteiger partial charge in [-0.1, -0.05) is 23.2 Å². The van der Waals surface area contributed by atoms with Crippen molar-refractivity contribution in [3.05, 3.63) is 38.7 Å². The molecule has 0 aliphatic carbocycles. The molecule has 0 saturated carbocycles. The van der Waals surface area contributed by atoms with Crippen LogP contribution >= 0.6 is 23.2 Å². The molecule has 0 amide bonds. The molecule has 9 nitrogen and oxygen atoms in total. The molecule has 0 atom stereocenters. The fraction of sp³-hybridized carbons (Fsp3) is 0.381. The summed E-state index contributed by atoms with van der Waals surface area (Å²) in [6.07, 6.45) is 2.35. The Morgan fingerprint density at radius 1 is 1.12 bits per heavy atom. The predicted octanol–water partition coefficient (Wildman–Crippen LogP) is 2.76. The first kappa shape index (κ1) is 24.1. The number of hydrogen-bond acceptors (Lipinski definition) is 8. The second kappa shape index (κ2) is 10.8. The zero-order chi connectivity index (χ0) is 23.3. The zero-order valence-electron chi connectivity index (χ0n) is 18.2. The molecule has 11 heteroatoms. The zero-order valence-corrected chi connectivity index (χ0v) is 19.7. The Labute approximate surface area is 195 Å². The van der Waals surface area contributed by atoms with Gasteiger partial charge in [0.1, 0.15) is 17.1 Å². The SMILES string of the molecule is CNc1ncc2cc(-c3c(Cl)c(OC)cc(OC)c3Cl)c(=O)n(CCCNCCN)c2n1. The molecular formula is C21H26Cl2N6O3. The number of aromatic nitrogens is 3. The van der Waals surface area contributed by atoms with Gasteiger partial charge in [-0.25, -0.2) is 4.98 Å². The van der Waals surface area contributed by atoms with Crippen LogP contribution in [-0.2, 0) is 6.54 Å². The Morgan fingerprint density at radius 3 is 2.41 bits per heavy atom. The van der Waals surface area contributed by atoms with E-state index >= 15 is 0 Å². The van der Waals surface area contributed by atoms with Crippen LogP contribution < -0.4 is 31.4 Å². The van der Waals surface area contributed by atoms with E-state index in [1.165, 1.54) is 14.2 Å². The van der Waals surface area contributed by atoms with Crippen LogP contribution in [-0.4, -0.2) is 55.4 Å². The second-order valence-corrected chi connectivity index (χ2v) is 7.67. The molecule has 0 bridgehead atoms. The van der Waals surface area contributed by atoms with Crippen molar-refractivity contribution in [2.24, 2.45) is 5.73 Å². The van der Waals surface area contributed by atoms with E-state index in [2.05, 4.69) is 20.6 Å². The molecular weight excluding hydrogens is 455 g/mol. The molecule has 1 aromatic carbocycles. The first-order chi connectivity index (χ1) is 15.5. The molecule has 0 saturated heterocycles. The van der Waals surface area contributed by atoms with Crippen molar-refractivity contribution in [2.75, 3.05) is 46.2 Å². The summed E-state index contributed by atoms with van der Waals surface area (Å²) in [4.78, 5) is 22.4. The lowest BCUT2D eigenvalue weighted by Gasteiger charge is -2.17. The van der Waals surface area contributed by atoms with Gasteiger partial charge in [-0.3, -0.25) is 9.36 Å². The molecule has 2 aromatic heterocycles. The topological polar surface area (TPSA) is 116 Å². The number of aryl methyl sites for hydroxylation is 1. The standard InChI is InChI=1S/C21H26Cl2N6O3/c1-25-21-27-11-12-9-13(16-17(22)14(31-2)10-15(32-3)18(16)23)20(30)29(19(12)28-21)8-4-6-26-7-5-24/h9-11,26H,4-8,24H2,1-3H3,(H,25,27,28). The lowest BCUT2D eigenvalue weighted by molar-refractivity contribution is 0.395. The number of hydrogen-bond donors (Lipinski definition) is 3. The average molecular weight is 481 g/mol. The van der Waals surface area contributed by atoms with Crippen LogP contribution in [0.4, 0.5) is 5.95 Å². The first-order valence-corrected chi connectivity index (χ1v) is 10.8. The molecule has 0 fully saturated rings. The highest BCUT2D eigenvalue weighted by Gasteiger charge is 2.23. The third-order valence-corrected chi connectivity index (χ3v) is 5.70. The van der Waals surface area contributed by atoms with Gasteiger partial charge >= 0.3 is 0 Å². The van der Waals surface area contributed by atoms with Gasteiger partial charge in [0, 0.05) is 49.9 Å². The summed E-state index contributed by atoms with van der Waals surface area (Å²) in [5.74, 6) is 1.11. The third-order valence-electron chi connectivity index (χ3n) is 4.95. The number of nitrogens with zero attached hydrogens (tertiary/aromatic N) is 3. The number of nitrogens with two attached hydrogens (primary N) is 1. The van der Waals surface area contributed by atoms with E-state index in [4.69, 9.17) is 38.4 Å². The van der Waals surface area contributed by atoms with E-state index in [1.807, 2.05) is 0 Å². The normalized spacial score (nSPS) is 11.1. The minimum absolute atomic E-state index is 0.221. The molecule has 0 spiro atoms. The Kier molecular flexibility index (Phi) is 8.14. The number of halogens is 2. The Morgan fingerprint density at radius 2 is 1.81 bits per heavy atom. The van der Waals surface area contributed by atoms with Crippen molar-refractivity contribution >= 4 is 40.2 Å². The van der Waals surface area contributed by atoms with E-state index in [0.717, 1.165) is 0 Å². The van der Waals surface area contributed by atoms with Gasteiger partial charge in [-0.15, -0.1) is 0 Å². The van der Waals surface area contributed by atoms with Gasteiger partial charge in [0.25, 0.3) is 5.56 Å². The average Bonchev–Trinajstić information content (AvgIpc) is 2.80. The lowest BCUT2D eigenvalue weighted by Crippen LogP contribution is -2.27. The van der Waals surface area contributed by atoms with Crippen molar-refractivity contribution in [1.29, 1.82) is 0 Å². The Balaban J connectivity index is 2.23. The van der Waals surface area contributed by atoms with E-state index in [0.29, 0.717) is 72.2 Å². The van der Waals surface area contributed by atoms with E-state index in [-0.39, 0.29) is 15.6 Å². The van der Waals surface area contributed by atoms with Gasteiger partial charge in [0.2, 0.25) is 5.95 Å². The Bertz CT molecular complexity index is 1140. The van der Waals surface area contributed by atoms with Gasteiger partial charge in [-0.05, 0) is 19.0 Å². The molecule has 0 aliphatic heterocycles. The largest absolute Gasteiger partial charge is 0.495 e. The summed E-state index contributed by atoms with van der Waals surface area (Å²) < 4.78 is 12.3. The van der Waals surface area contributed by atoms with Crippen LogP contribution in [0.2, 0.25) is 10.0 Å². The van der Waals surface area contributed by atoms with Gasteiger partial charge in [0.15, 0.2) is 0 Å². The summed E-state index contributed by atoms with van der Waals surface area (Å²) in [5.41, 5.74) is 6.40. The maximum Gasteiger partial charge on any atom is 0.260 e. The highest BCUT2D eigenvalue weighted by atomic mass is 35.5.